The summed E-state index contributed by atoms with van der Waals surface area (Å²) in [5, 5.41) is 5.54. The highest BCUT2D eigenvalue weighted by molar-refractivity contribution is 6.01. The Bertz CT molecular complexity index is 968. The van der Waals surface area contributed by atoms with Gasteiger partial charge in [0.1, 0.15) is 5.82 Å². The highest BCUT2D eigenvalue weighted by Gasteiger charge is 2.43. The van der Waals surface area contributed by atoms with Gasteiger partial charge in [-0.2, -0.15) is 26.3 Å². The minimum atomic E-state index is -4.32. The summed E-state index contributed by atoms with van der Waals surface area (Å²) in [6.07, 6.45) is -8.87. The third-order valence-electron chi connectivity index (χ3n) is 6.97. The van der Waals surface area contributed by atoms with Crippen LogP contribution in [0, 0.1) is 11.8 Å². The predicted octanol–water partition coefficient (Wildman–Crippen LogP) is 3.79. The van der Waals surface area contributed by atoms with Crippen LogP contribution in [0.5, 0.6) is 0 Å². The van der Waals surface area contributed by atoms with Crippen LogP contribution < -0.4 is 21.3 Å². The van der Waals surface area contributed by atoms with Gasteiger partial charge in [-0.1, -0.05) is 0 Å². The Morgan fingerprint density at radius 2 is 1.54 bits per heavy atom. The second kappa shape index (κ2) is 11.2. The lowest BCUT2D eigenvalue weighted by Crippen LogP contribution is -2.42. The number of rotatable bonds is 6. The number of carbonyl (C=O) groups excluding carboxylic acids is 2. The van der Waals surface area contributed by atoms with Gasteiger partial charge in [0, 0.05) is 33.2 Å². The number of hydrogen-bond acceptors (Lipinski definition) is 6. The van der Waals surface area contributed by atoms with E-state index in [2.05, 4.69) is 15.6 Å². The van der Waals surface area contributed by atoms with E-state index in [9.17, 15) is 35.9 Å². The van der Waals surface area contributed by atoms with Gasteiger partial charge in [-0.15, -0.1) is 0 Å². The average molecular weight is 539 g/mol. The number of carbonyl (C=O) groups is 2. The second-order valence-corrected chi connectivity index (χ2v) is 9.81. The Hall–Kier alpha value is -2.93. The van der Waals surface area contributed by atoms with Crippen LogP contribution in [-0.2, 0) is 4.79 Å². The average Bonchev–Trinajstić information content (AvgIpc) is 2.82. The summed E-state index contributed by atoms with van der Waals surface area (Å²) in [5.74, 6) is -3.54. The number of pyridine rings is 1. The summed E-state index contributed by atoms with van der Waals surface area (Å²) in [5.41, 5.74) is 6.14. The first kappa shape index (κ1) is 28.6. The van der Waals surface area contributed by atoms with Crippen molar-refractivity contribution in [1.29, 1.82) is 0 Å². The zero-order valence-electron chi connectivity index (χ0n) is 20.7. The van der Waals surface area contributed by atoms with E-state index < -0.39 is 36.1 Å². The first-order chi connectivity index (χ1) is 17.2. The van der Waals surface area contributed by atoms with E-state index >= 15 is 0 Å². The molecule has 1 aromatic rings. The number of anilines is 3. The molecule has 1 aliphatic carbocycles. The predicted molar refractivity (Wildman–Crippen MR) is 126 cm³/mol. The van der Waals surface area contributed by atoms with Gasteiger partial charge >= 0.3 is 12.4 Å². The van der Waals surface area contributed by atoms with Gasteiger partial charge in [-0.05, 0) is 44.6 Å². The lowest BCUT2D eigenvalue weighted by atomic mass is 9.85. The molecule has 8 nitrogen and oxygen atoms in total. The molecule has 1 saturated heterocycles. The molecule has 0 atom stereocenters. The fourth-order valence-corrected chi connectivity index (χ4v) is 4.63. The number of nitrogen functional groups attached to an aromatic ring is 1. The number of alkyl halides is 6. The molecule has 37 heavy (non-hydrogen) atoms. The van der Waals surface area contributed by atoms with Crippen molar-refractivity contribution in [3.63, 3.8) is 0 Å². The van der Waals surface area contributed by atoms with Crippen molar-refractivity contribution in [1.82, 2.24) is 15.2 Å². The smallest absolute Gasteiger partial charge is 0.391 e. The Kier molecular flexibility index (Phi) is 8.68. The van der Waals surface area contributed by atoms with Crippen molar-refractivity contribution in [3.05, 3.63) is 11.6 Å². The van der Waals surface area contributed by atoms with E-state index in [1.807, 2.05) is 0 Å². The molecule has 14 heteroatoms. The second-order valence-electron chi connectivity index (χ2n) is 9.81. The van der Waals surface area contributed by atoms with Crippen molar-refractivity contribution < 1.29 is 35.9 Å². The molecule has 208 valence electrons. The maximum Gasteiger partial charge on any atom is 0.391 e. The van der Waals surface area contributed by atoms with E-state index in [0.717, 1.165) is 0 Å². The zero-order chi connectivity index (χ0) is 27.5. The van der Waals surface area contributed by atoms with Crippen molar-refractivity contribution >= 4 is 29.1 Å². The summed E-state index contributed by atoms with van der Waals surface area (Å²) < 4.78 is 78.4. The van der Waals surface area contributed by atoms with E-state index in [1.165, 1.54) is 11.0 Å². The van der Waals surface area contributed by atoms with E-state index in [0.29, 0.717) is 0 Å². The highest BCUT2D eigenvalue weighted by atomic mass is 19.4. The van der Waals surface area contributed by atoms with Crippen LogP contribution in [0.1, 0.15) is 48.9 Å². The Labute approximate surface area is 210 Å². The number of halogens is 6. The maximum absolute atomic E-state index is 13.2. The van der Waals surface area contributed by atoms with E-state index in [1.54, 1.807) is 19.0 Å². The number of nitrogens with one attached hydrogen (secondary N) is 2. The number of nitrogens with zero attached hydrogens (tertiary/aromatic N) is 3. The minimum absolute atomic E-state index is 0.00582. The molecule has 0 bridgehead atoms. The summed E-state index contributed by atoms with van der Waals surface area (Å²) in [7, 11) is 3.12. The number of amides is 2. The summed E-state index contributed by atoms with van der Waals surface area (Å²) in [6, 6.07) is 0.851. The summed E-state index contributed by atoms with van der Waals surface area (Å²) in [6.45, 7) is -0.157. The molecule has 0 radical (unpaired) electrons. The SMILES string of the molecule is CN(C)C(=O)CNc1nc(N2CCC(C(F)(F)F)CC2)c(C(=O)NC2CCC(C(F)(F)F)CC2)cc1N. The first-order valence-corrected chi connectivity index (χ1v) is 12.1. The molecule has 1 aromatic heterocycles. The lowest BCUT2D eigenvalue weighted by Gasteiger charge is -2.35. The molecular formula is C23H32F6N6O2. The molecular weight excluding hydrogens is 506 g/mol. The monoisotopic (exact) mass is 538 g/mol. The molecule has 1 saturated carbocycles. The Balaban J connectivity index is 1.81. The van der Waals surface area contributed by atoms with Crippen molar-refractivity contribution in [2.75, 3.05) is 49.7 Å². The molecule has 2 heterocycles. The molecule has 3 rings (SSSR count). The normalized spacial score (nSPS) is 21.5. The molecule has 0 spiro atoms. The summed E-state index contributed by atoms with van der Waals surface area (Å²) in [4.78, 5) is 32.5. The number of likely N-dealkylation sites (N-methyl/N-ethyl adjacent to an activating group) is 1. The van der Waals surface area contributed by atoms with Gasteiger partial charge in [0.25, 0.3) is 5.91 Å². The summed E-state index contributed by atoms with van der Waals surface area (Å²) >= 11 is 0. The highest BCUT2D eigenvalue weighted by Crippen LogP contribution is 2.39. The molecule has 2 amide bonds. The number of nitrogens with two attached hydrogens (primary N) is 1. The molecule has 4 N–H and O–H groups in total. The van der Waals surface area contributed by atoms with Crippen molar-refractivity contribution in [2.24, 2.45) is 11.8 Å². The van der Waals surface area contributed by atoms with E-state index in [4.69, 9.17) is 5.73 Å². The molecule has 1 aliphatic heterocycles. The molecule has 2 aliphatic rings. The maximum atomic E-state index is 13.2. The van der Waals surface area contributed by atoms with Crippen LogP contribution >= 0.6 is 0 Å². The lowest BCUT2D eigenvalue weighted by molar-refractivity contribution is -0.182. The van der Waals surface area contributed by atoms with E-state index in [-0.39, 0.29) is 87.0 Å². The van der Waals surface area contributed by atoms with Crippen molar-refractivity contribution in [3.8, 4) is 0 Å². The third-order valence-corrected chi connectivity index (χ3v) is 6.97. The van der Waals surface area contributed by atoms with Crippen molar-refractivity contribution in [2.45, 2.75) is 56.9 Å². The van der Waals surface area contributed by atoms with Crippen LogP contribution in [0.4, 0.5) is 43.7 Å². The van der Waals surface area contributed by atoms with Crippen LogP contribution in [-0.4, -0.2) is 73.8 Å². The Morgan fingerprint density at radius 3 is 2.05 bits per heavy atom. The largest absolute Gasteiger partial charge is 0.396 e. The van der Waals surface area contributed by atoms with Gasteiger partial charge in [0.15, 0.2) is 5.82 Å². The van der Waals surface area contributed by atoms with Gasteiger partial charge in [-0.25, -0.2) is 4.98 Å². The number of aromatic nitrogens is 1. The van der Waals surface area contributed by atoms with Gasteiger partial charge < -0.3 is 26.2 Å². The van der Waals surface area contributed by atoms with Crippen LogP contribution in [0.25, 0.3) is 0 Å². The van der Waals surface area contributed by atoms with Crippen LogP contribution in [0.3, 0.4) is 0 Å². The molecule has 0 unspecified atom stereocenters. The molecule has 0 aromatic carbocycles. The fraction of sp³-hybridized carbons (Fsp3) is 0.696. The van der Waals surface area contributed by atoms with Gasteiger partial charge in [0.2, 0.25) is 5.91 Å². The van der Waals surface area contributed by atoms with Gasteiger partial charge in [0.05, 0.1) is 29.6 Å². The quantitative estimate of drug-likeness (QED) is 0.477. The van der Waals surface area contributed by atoms with Gasteiger partial charge in [-0.3, -0.25) is 9.59 Å². The zero-order valence-corrected chi connectivity index (χ0v) is 20.7. The van der Waals surface area contributed by atoms with Crippen LogP contribution in [0.15, 0.2) is 6.07 Å². The topological polar surface area (TPSA) is 104 Å². The fourth-order valence-electron chi connectivity index (χ4n) is 4.63. The number of hydrogen-bond donors (Lipinski definition) is 3. The Morgan fingerprint density at radius 1 is 1.00 bits per heavy atom. The van der Waals surface area contributed by atoms with Crippen LogP contribution in [0.2, 0.25) is 0 Å². The third kappa shape index (κ3) is 7.31. The minimum Gasteiger partial charge on any atom is -0.396 e. The number of piperidine rings is 1. The molecule has 2 fully saturated rings. The first-order valence-electron chi connectivity index (χ1n) is 12.1. The standard InChI is InChI=1S/C23H32F6N6O2/c1-34(2)18(36)12-31-19-17(30)11-16(20(33-19)35-9-7-14(8-10-35)23(27,28)29)21(37)32-15-5-3-13(4-6-15)22(24,25)26/h11,13-15H,3-10,12,30H2,1-2H3,(H,31,33)(H,32,37).